The normalized spacial score (nSPS) is 11.5. The van der Waals surface area contributed by atoms with Crippen molar-refractivity contribution in [3.05, 3.63) is 64.6 Å². The number of nitrogens with zero attached hydrogens (tertiary/aromatic N) is 1. The number of rotatable bonds is 9. The SMILES string of the molecule is O=C(CN(CCc1ccccc1)S(=O)(=O)c1ccc(Br)cc1)NCCO. The number of aliphatic hydroxyl groups is 1. The summed E-state index contributed by atoms with van der Waals surface area (Å²) in [7, 11) is -3.82. The summed E-state index contributed by atoms with van der Waals surface area (Å²) in [5.41, 5.74) is 0.985. The monoisotopic (exact) mass is 440 g/mol. The number of halogens is 1. The third-order valence-electron chi connectivity index (χ3n) is 3.70. The lowest BCUT2D eigenvalue weighted by atomic mass is 10.1. The fourth-order valence-electron chi connectivity index (χ4n) is 2.35. The minimum absolute atomic E-state index is 0.0870. The molecule has 0 aliphatic carbocycles. The van der Waals surface area contributed by atoms with Crippen LogP contribution in [0.25, 0.3) is 0 Å². The van der Waals surface area contributed by atoms with Crippen molar-refractivity contribution in [2.75, 3.05) is 26.2 Å². The van der Waals surface area contributed by atoms with Crippen LogP contribution in [0.2, 0.25) is 0 Å². The molecular formula is C18H21BrN2O4S. The summed E-state index contributed by atoms with van der Waals surface area (Å²) in [6.45, 7) is -0.237. The van der Waals surface area contributed by atoms with Crippen molar-refractivity contribution in [3.63, 3.8) is 0 Å². The Hall–Kier alpha value is -1.74. The van der Waals surface area contributed by atoms with E-state index < -0.39 is 15.9 Å². The van der Waals surface area contributed by atoms with Gasteiger partial charge in [-0.05, 0) is 36.2 Å². The van der Waals surface area contributed by atoms with Crippen LogP contribution in [0.15, 0.2) is 64.0 Å². The number of aliphatic hydroxyl groups excluding tert-OH is 1. The van der Waals surface area contributed by atoms with E-state index in [1.54, 1.807) is 12.1 Å². The molecule has 26 heavy (non-hydrogen) atoms. The number of hydrogen-bond acceptors (Lipinski definition) is 4. The number of carbonyl (C=O) groups excluding carboxylic acids is 1. The zero-order valence-electron chi connectivity index (χ0n) is 14.1. The van der Waals surface area contributed by atoms with Crippen molar-refractivity contribution in [2.24, 2.45) is 0 Å². The highest BCUT2D eigenvalue weighted by Crippen LogP contribution is 2.19. The number of sulfonamides is 1. The van der Waals surface area contributed by atoms with E-state index in [0.29, 0.717) is 6.42 Å². The second-order valence-electron chi connectivity index (χ2n) is 5.60. The van der Waals surface area contributed by atoms with E-state index in [4.69, 9.17) is 5.11 Å². The van der Waals surface area contributed by atoms with Crippen LogP contribution in [-0.4, -0.2) is 50.0 Å². The molecule has 0 heterocycles. The molecule has 0 spiro atoms. The third kappa shape index (κ3) is 5.91. The number of hydrogen-bond donors (Lipinski definition) is 2. The first-order valence-corrected chi connectivity index (χ1v) is 10.3. The summed E-state index contributed by atoms with van der Waals surface area (Å²) in [5.74, 6) is -0.451. The molecule has 0 fully saturated rings. The molecular weight excluding hydrogens is 420 g/mol. The molecule has 0 unspecified atom stereocenters. The van der Waals surface area contributed by atoms with Crippen LogP contribution in [0.4, 0.5) is 0 Å². The van der Waals surface area contributed by atoms with Gasteiger partial charge in [0.25, 0.3) is 0 Å². The lowest BCUT2D eigenvalue weighted by molar-refractivity contribution is -0.121. The quantitative estimate of drug-likeness (QED) is 0.622. The molecule has 0 aromatic heterocycles. The lowest BCUT2D eigenvalue weighted by Crippen LogP contribution is -2.42. The van der Waals surface area contributed by atoms with E-state index in [-0.39, 0.29) is 31.1 Å². The van der Waals surface area contributed by atoms with Crippen molar-refractivity contribution in [1.29, 1.82) is 0 Å². The summed E-state index contributed by atoms with van der Waals surface area (Å²) in [6.07, 6.45) is 0.490. The van der Waals surface area contributed by atoms with Crippen molar-refractivity contribution in [2.45, 2.75) is 11.3 Å². The Labute approximate surface area is 162 Å². The second kappa shape index (κ2) is 9.82. The smallest absolute Gasteiger partial charge is 0.243 e. The first-order chi connectivity index (χ1) is 12.4. The molecule has 2 aromatic carbocycles. The summed E-state index contributed by atoms with van der Waals surface area (Å²) >= 11 is 3.28. The highest BCUT2D eigenvalue weighted by Gasteiger charge is 2.26. The topological polar surface area (TPSA) is 86.7 Å². The maximum Gasteiger partial charge on any atom is 0.243 e. The summed E-state index contributed by atoms with van der Waals surface area (Å²) in [4.78, 5) is 12.1. The average molecular weight is 441 g/mol. The van der Waals surface area contributed by atoms with Gasteiger partial charge >= 0.3 is 0 Å². The molecule has 2 rings (SSSR count). The van der Waals surface area contributed by atoms with Crippen LogP contribution in [0.5, 0.6) is 0 Å². The average Bonchev–Trinajstić information content (AvgIpc) is 2.64. The highest BCUT2D eigenvalue weighted by atomic mass is 79.9. The van der Waals surface area contributed by atoms with Gasteiger partial charge in [-0.15, -0.1) is 0 Å². The van der Waals surface area contributed by atoms with E-state index in [0.717, 1.165) is 14.3 Å². The van der Waals surface area contributed by atoms with Gasteiger partial charge < -0.3 is 10.4 Å². The molecule has 0 saturated carbocycles. The Bertz CT molecular complexity index is 811. The number of carbonyl (C=O) groups is 1. The fraction of sp³-hybridized carbons (Fsp3) is 0.278. The number of nitrogens with one attached hydrogen (secondary N) is 1. The zero-order valence-corrected chi connectivity index (χ0v) is 16.5. The van der Waals surface area contributed by atoms with Crippen molar-refractivity contribution in [3.8, 4) is 0 Å². The Morgan fingerprint density at radius 3 is 2.35 bits per heavy atom. The molecule has 0 aliphatic heterocycles. The van der Waals surface area contributed by atoms with Crippen LogP contribution >= 0.6 is 15.9 Å². The first-order valence-electron chi connectivity index (χ1n) is 8.10. The fourth-order valence-corrected chi connectivity index (χ4v) is 4.01. The van der Waals surface area contributed by atoms with Gasteiger partial charge in [-0.25, -0.2) is 8.42 Å². The third-order valence-corrected chi connectivity index (χ3v) is 6.09. The largest absolute Gasteiger partial charge is 0.395 e. The molecule has 0 radical (unpaired) electrons. The Balaban J connectivity index is 2.20. The Morgan fingerprint density at radius 1 is 1.08 bits per heavy atom. The summed E-state index contributed by atoms with van der Waals surface area (Å²) in [5, 5.41) is 11.3. The lowest BCUT2D eigenvalue weighted by Gasteiger charge is -2.22. The van der Waals surface area contributed by atoms with Crippen molar-refractivity contribution >= 4 is 31.9 Å². The van der Waals surface area contributed by atoms with Crippen LogP contribution in [-0.2, 0) is 21.2 Å². The van der Waals surface area contributed by atoms with Gasteiger partial charge in [0.1, 0.15) is 0 Å². The molecule has 8 heteroatoms. The zero-order chi connectivity index (χ0) is 19.0. The molecule has 2 aromatic rings. The highest BCUT2D eigenvalue weighted by molar-refractivity contribution is 9.10. The van der Waals surface area contributed by atoms with E-state index in [9.17, 15) is 13.2 Å². The van der Waals surface area contributed by atoms with Crippen molar-refractivity contribution < 1.29 is 18.3 Å². The molecule has 2 N–H and O–H groups in total. The minimum Gasteiger partial charge on any atom is -0.395 e. The van der Waals surface area contributed by atoms with Gasteiger partial charge in [0.2, 0.25) is 15.9 Å². The number of amides is 1. The van der Waals surface area contributed by atoms with E-state index in [1.807, 2.05) is 30.3 Å². The molecule has 0 atom stereocenters. The van der Waals surface area contributed by atoms with E-state index in [2.05, 4.69) is 21.2 Å². The molecule has 0 saturated heterocycles. The van der Waals surface area contributed by atoms with Crippen molar-refractivity contribution in [1.82, 2.24) is 9.62 Å². The van der Waals surface area contributed by atoms with Gasteiger partial charge in [0.05, 0.1) is 18.0 Å². The van der Waals surface area contributed by atoms with Gasteiger partial charge in [-0.3, -0.25) is 4.79 Å². The number of benzene rings is 2. The molecule has 6 nitrogen and oxygen atoms in total. The van der Waals surface area contributed by atoms with Gasteiger partial charge in [-0.1, -0.05) is 46.3 Å². The van der Waals surface area contributed by atoms with Crippen LogP contribution in [0.1, 0.15) is 5.56 Å². The molecule has 140 valence electrons. The summed E-state index contributed by atoms with van der Waals surface area (Å²) in [6, 6.07) is 15.8. The molecule has 1 amide bonds. The van der Waals surface area contributed by atoms with E-state index in [1.165, 1.54) is 12.1 Å². The molecule has 0 bridgehead atoms. The predicted molar refractivity (Wildman–Crippen MR) is 103 cm³/mol. The summed E-state index contributed by atoms with van der Waals surface area (Å²) < 4.78 is 27.8. The van der Waals surface area contributed by atoms with Gasteiger partial charge in [0.15, 0.2) is 0 Å². The van der Waals surface area contributed by atoms with Crippen LogP contribution in [0.3, 0.4) is 0 Å². The standard InChI is InChI=1S/C18H21BrN2O4S/c19-16-6-8-17(9-7-16)26(24,25)21(14-18(23)20-11-13-22)12-10-15-4-2-1-3-5-15/h1-9,22H,10-14H2,(H,20,23). The van der Waals surface area contributed by atoms with Crippen LogP contribution < -0.4 is 5.32 Å². The second-order valence-corrected chi connectivity index (χ2v) is 8.46. The Kier molecular flexibility index (Phi) is 7.77. The maximum absolute atomic E-state index is 13.0. The van der Waals surface area contributed by atoms with Gasteiger partial charge in [-0.2, -0.15) is 4.31 Å². The maximum atomic E-state index is 13.0. The molecule has 0 aliphatic rings. The van der Waals surface area contributed by atoms with Gasteiger partial charge in [0, 0.05) is 17.6 Å². The van der Waals surface area contributed by atoms with Crippen LogP contribution in [0, 0.1) is 0 Å². The predicted octanol–water partition coefficient (Wildman–Crippen LogP) is 1.79. The van der Waals surface area contributed by atoms with E-state index >= 15 is 0 Å². The Morgan fingerprint density at radius 2 is 1.73 bits per heavy atom. The first kappa shape index (κ1) is 20.6. The minimum atomic E-state index is -3.82.